The Balaban J connectivity index is 0.00000173. The number of fused-ring (bicyclic) bond motifs is 12. The van der Waals surface area contributed by atoms with E-state index < -0.39 is 0 Å². The van der Waals surface area contributed by atoms with Gasteiger partial charge >= 0.3 is 0 Å². The summed E-state index contributed by atoms with van der Waals surface area (Å²) < 4.78 is 0. The Morgan fingerprint density at radius 3 is 0.879 bits per heavy atom. The van der Waals surface area contributed by atoms with Crippen LogP contribution in [0.4, 0.5) is 0 Å². The van der Waals surface area contributed by atoms with Crippen LogP contribution in [0.1, 0.15) is 13.8 Å². The lowest BCUT2D eigenvalue weighted by atomic mass is 9.78. The third-order valence-corrected chi connectivity index (χ3v) is 13.2. The van der Waals surface area contributed by atoms with Crippen molar-refractivity contribution in [3.8, 4) is 11.1 Å². The van der Waals surface area contributed by atoms with Crippen LogP contribution < -0.4 is 0 Å². The van der Waals surface area contributed by atoms with Crippen molar-refractivity contribution in [1.29, 1.82) is 0 Å². The van der Waals surface area contributed by atoms with Gasteiger partial charge in [0, 0.05) is 0 Å². The highest BCUT2D eigenvalue weighted by Gasteiger charge is 2.26. The van der Waals surface area contributed by atoms with Crippen LogP contribution in [0.15, 0.2) is 182 Å². The fourth-order valence-corrected chi connectivity index (χ4v) is 11.2. The van der Waals surface area contributed by atoms with Crippen LogP contribution >= 0.6 is 0 Å². The van der Waals surface area contributed by atoms with Gasteiger partial charge in [-0.05, 0) is 153 Å². The second-order valence-electron chi connectivity index (χ2n) is 15.8. The molecule has 0 bridgehead atoms. The summed E-state index contributed by atoms with van der Waals surface area (Å²) >= 11 is 0. The van der Waals surface area contributed by atoms with Crippen LogP contribution in [-0.4, -0.2) is 0 Å². The Hall–Kier alpha value is -7.28. The van der Waals surface area contributed by atoms with Gasteiger partial charge in [-0.25, -0.2) is 0 Å². The fourth-order valence-electron chi connectivity index (χ4n) is 11.2. The van der Waals surface area contributed by atoms with Crippen molar-refractivity contribution in [2.75, 3.05) is 0 Å². The van der Waals surface area contributed by atoms with E-state index in [1.807, 2.05) is 13.8 Å². The molecule has 268 valence electrons. The van der Waals surface area contributed by atoms with E-state index in [-0.39, 0.29) is 0 Å². The molecule has 14 aromatic rings. The molecule has 0 spiro atoms. The van der Waals surface area contributed by atoms with Crippen LogP contribution in [0.25, 0.3) is 140 Å². The summed E-state index contributed by atoms with van der Waals surface area (Å²) in [5.41, 5.74) is 2.64. The monoisotopic (exact) mass is 732 g/mol. The zero-order valence-corrected chi connectivity index (χ0v) is 32.3. The average Bonchev–Trinajstić information content (AvgIpc) is 3.29. The van der Waals surface area contributed by atoms with E-state index in [9.17, 15) is 0 Å². The van der Waals surface area contributed by atoms with Crippen LogP contribution in [0, 0.1) is 0 Å². The molecular weight excluding hydrogens is 697 g/mol. The first kappa shape index (κ1) is 31.9. The lowest BCUT2D eigenvalue weighted by Crippen LogP contribution is -1.96. The highest BCUT2D eigenvalue weighted by Crippen LogP contribution is 2.54. The number of benzene rings is 14. The van der Waals surface area contributed by atoms with E-state index in [2.05, 4.69) is 182 Å². The second kappa shape index (κ2) is 11.6. The Bertz CT molecular complexity index is 3770. The topological polar surface area (TPSA) is 0 Å². The van der Waals surface area contributed by atoms with Crippen LogP contribution in [0.5, 0.6) is 0 Å². The summed E-state index contributed by atoms with van der Waals surface area (Å²) in [6, 6.07) is 69.0. The first-order valence-corrected chi connectivity index (χ1v) is 20.7. The summed E-state index contributed by atoms with van der Waals surface area (Å²) in [6.45, 7) is 4.00. The standard InChI is InChI=1S/C56H30.C2H6/c1-3-17-35-31(13-1)29-33-15-9-23-37-41-25-11-27-45-49(39-19-5-7-21-43(39)55(51(41)45)53(35)47(33)37)50-40-20-6-8-22-44(40)56-52-42(26-12-28-46(50)52)38-24-10-16-34-30-32-14-2-4-18-36(32)54(56)48(34)38;1-2/h1-30H;1-2H3. The number of hydrogen-bond donors (Lipinski definition) is 0. The summed E-state index contributed by atoms with van der Waals surface area (Å²) in [6.07, 6.45) is 0. The molecule has 58 heavy (non-hydrogen) atoms. The number of hydrogen-bond acceptors (Lipinski definition) is 0. The molecule has 0 nitrogen and oxygen atoms in total. The molecule has 0 saturated heterocycles. The molecule has 0 aliphatic carbocycles. The minimum atomic E-state index is 1.28. The van der Waals surface area contributed by atoms with E-state index in [0.717, 1.165) is 0 Å². The molecule has 0 fully saturated rings. The molecular formula is C58H36. The molecule has 0 aromatic heterocycles. The van der Waals surface area contributed by atoms with E-state index in [4.69, 9.17) is 0 Å². The molecule has 0 atom stereocenters. The van der Waals surface area contributed by atoms with Crippen molar-refractivity contribution in [3.05, 3.63) is 182 Å². The van der Waals surface area contributed by atoms with Crippen molar-refractivity contribution in [3.63, 3.8) is 0 Å². The predicted molar refractivity (Wildman–Crippen MR) is 256 cm³/mol. The lowest BCUT2D eigenvalue weighted by molar-refractivity contribution is 1.50. The van der Waals surface area contributed by atoms with Gasteiger partial charge in [0.1, 0.15) is 0 Å². The molecule has 14 aromatic carbocycles. The Morgan fingerprint density at radius 2 is 0.448 bits per heavy atom. The maximum absolute atomic E-state index is 2.40. The quantitative estimate of drug-likeness (QED) is 0.116. The Morgan fingerprint density at radius 1 is 0.190 bits per heavy atom. The summed E-state index contributed by atoms with van der Waals surface area (Å²) in [7, 11) is 0. The highest BCUT2D eigenvalue weighted by molar-refractivity contribution is 6.48. The predicted octanol–water partition coefficient (Wildman–Crippen LogP) is 17.1. The average molecular weight is 733 g/mol. The number of rotatable bonds is 1. The summed E-state index contributed by atoms with van der Waals surface area (Å²) in [5, 5.41) is 31.7. The van der Waals surface area contributed by atoms with Gasteiger partial charge in [-0.2, -0.15) is 0 Å². The van der Waals surface area contributed by atoms with E-state index >= 15 is 0 Å². The smallest absolute Gasteiger partial charge is 0.000741 e. The molecule has 14 rings (SSSR count). The van der Waals surface area contributed by atoms with E-state index in [0.29, 0.717) is 0 Å². The van der Waals surface area contributed by atoms with Crippen molar-refractivity contribution < 1.29 is 0 Å². The molecule has 0 radical (unpaired) electrons. The summed E-state index contributed by atoms with van der Waals surface area (Å²) in [5.74, 6) is 0. The third-order valence-electron chi connectivity index (χ3n) is 13.2. The molecule has 0 unspecified atom stereocenters. The highest BCUT2D eigenvalue weighted by atomic mass is 14.3. The SMILES string of the molecule is CC.c1ccc2c(c1)cc1cccc3c4cccc5c(-c6c7ccccc7c7c8c6cccc8c6cccc8cc9ccccc9c7c86)c6ccccc6c(c54)c2c13. The minimum absolute atomic E-state index is 1.28. The van der Waals surface area contributed by atoms with Gasteiger partial charge in [-0.3, -0.25) is 0 Å². The van der Waals surface area contributed by atoms with E-state index in [1.54, 1.807) is 0 Å². The van der Waals surface area contributed by atoms with E-state index in [1.165, 1.54) is 140 Å². The molecule has 0 N–H and O–H groups in total. The molecule has 0 saturated carbocycles. The molecule has 0 amide bonds. The van der Waals surface area contributed by atoms with Gasteiger partial charge in [0.2, 0.25) is 0 Å². The largest absolute Gasteiger partial charge is 0.0683 e. The van der Waals surface area contributed by atoms with Gasteiger partial charge in [0.15, 0.2) is 0 Å². The lowest BCUT2D eigenvalue weighted by Gasteiger charge is -2.24. The maximum Gasteiger partial charge on any atom is -0.000741 e. The minimum Gasteiger partial charge on any atom is -0.0683 e. The van der Waals surface area contributed by atoms with Gasteiger partial charge in [-0.1, -0.05) is 184 Å². The molecule has 0 heterocycles. The Labute approximate surface area is 334 Å². The zero-order valence-electron chi connectivity index (χ0n) is 32.3. The van der Waals surface area contributed by atoms with Crippen molar-refractivity contribution >= 4 is 129 Å². The third kappa shape index (κ3) is 3.90. The Kier molecular flexibility index (Phi) is 6.39. The van der Waals surface area contributed by atoms with Crippen LogP contribution in [-0.2, 0) is 0 Å². The summed E-state index contributed by atoms with van der Waals surface area (Å²) in [4.78, 5) is 0. The molecule has 0 aliphatic rings. The second-order valence-corrected chi connectivity index (χ2v) is 15.8. The van der Waals surface area contributed by atoms with Crippen LogP contribution in [0.3, 0.4) is 0 Å². The molecule has 0 heteroatoms. The van der Waals surface area contributed by atoms with Crippen LogP contribution in [0.2, 0.25) is 0 Å². The fraction of sp³-hybridized carbons (Fsp3) is 0.0345. The van der Waals surface area contributed by atoms with Gasteiger partial charge in [0.05, 0.1) is 0 Å². The zero-order chi connectivity index (χ0) is 38.2. The van der Waals surface area contributed by atoms with Crippen molar-refractivity contribution in [1.82, 2.24) is 0 Å². The van der Waals surface area contributed by atoms with Crippen molar-refractivity contribution in [2.24, 2.45) is 0 Å². The van der Waals surface area contributed by atoms with Crippen molar-refractivity contribution in [2.45, 2.75) is 13.8 Å². The molecule has 0 aliphatic heterocycles. The first-order chi connectivity index (χ1) is 28.8. The first-order valence-electron chi connectivity index (χ1n) is 20.7. The van der Waals surface area contributed by atoms with Gasteiger partial charge in [0.25, 0.3) is 0 Å². The normalized spacial score (nSPS) is 12.3. The maximum atomic E-state index is 2.40. The van der Waals surface area contributed by atoms with Gasteiger partial charge < -0.3 is 0 Å². The van der Waals surface area contributed by atoms with Gasteiger partial charge in [-0.15, -0.1) is 0 Å².